The molecule has 2 aromatic rings. The quantitative estimate of drug-likeness (QED) is 0.375. The molecular weight excluding hydrogens is 442 g/mol. The van der Waals surface area contributed by atoms with Gasteiger partial charge < -0.3 is 28.8 Å². The Morgan fingerprint density at radius 1 is 0.938 bits per heavy atom. The molecule has 0 unspecified atom stereocenters. The van der Waals surface area contributed by atoms with E-state index in [2.05, 4.69) is 4.72 Å². The third-order valence-electron chi connectivity index (χ3n) is 4.19. The minimum Gasteiger partial charge on any atom is -0.496 e. The number of benzene rings is 2. The van der Waals surface area contributed by atoms with Gasteiger partial charge in [0.25, 0.3) is 0 Å². The van der Waals surface area contributed by atoms with E-state index in [1.54, 1.807) is 12.1 Å². The van der Waals surface area contributed by atoms with E-state index in [1.165, 1.54) is 58.9 Å². The molecule has 32 heavy (non-hydrogen) atoms. The molecule has 2 aromatic carbocycles. The minimum absolute atomic E-state index is 0.00231. The van der Waals surface area contributed by atoms with Crippen LogP contribution in [0.15, 0.2) is 36.5 Å². The maximum atomic E-state index is 12.5. The van der Waals surface area contributed by atoms with Crippen molar-refractivity contribution in [1.82, 2.24) is 4.72 Å². The summed E-state index contributed by atoms with van der Waals surface area (Å²) < 4.78 is 53.3. The maximum Gasteiger partial charge on any atom is 0.337 e. The summed E-state index contributed by atoms with van der Waals surface area (Å²) in [6.07, 6.45) is 2.75. The summed E-state index contributed by atoms with van der Waals surface area (Å²) in [5.74, 6) is 0.314. The standard InChI is InChI=1S/C21H25NO9S/c1-27-15-10-18(29-3)16(19(11-15)30-4)7-8-22-32(25,26)13-14-5-6-17(28-2)20(9-14)31-21(24)12-23/h5-11,22-23H,12-13H2,1-4H3/b8-7+. The van der Waals surface area contributed by atoms with Gasteiger partial charge in [-0.3, -0.25) is 4.72 Å². The molecule has 10 nitrogen and oxygen atoms in total. The van der Waals surface area contributed by atoms with Gasteiger partial charge in [0.1, 0.15) is 23.9 Å². The third-order valence-corrected chi connectivity index (χ3v) is 5.40. The number of rotatable bonds is 11. The molecular formula is C21H25NO9S. The lowest BCUT2D eigenvalue weighted by Gasteiger charge is -2.13. The summed E-state index contributed by atoms with van der Waals surface area (Å²) in [4.78, 5) is 11.4. The van der Waals surface area contributed by atoms with Crippen molar-refractivity contribution in [3.8, 4) is 28.7 Å². The van der Waals surface area contributed by atoms with Gasteiger partial charge in [0.05, 0.1) is 39.8 Å². The van der Waals surface area contributed by atoms with Gasteiger partial charge in [0.2, 0.25) is 10.0 Å². The summed E-state index contributed by atoms with van der Waals surface area (Å²) in [7, 11) is 2.02. The van der Waals surface area contributed by atoms with Crippen molar-refractivity contribution in [2.24, 2.45) is 0 Å². The van der Waals surface area contributed by atoms with E-state index in [0.717, 1.165) is 0 Å². The molecule has 0 saturated carbocycles. The van der Waals surface area contributed by atoms with Gasteiger partial charge in [0, 0.05) is 18.3 Å². The predicted octanol–water partition coefficient (Wildman–Crippen LogP) is 1.71. The molecule has 0 aromatic heterocycles. The van der Waals surface area contributed by atoms with Crippen LogP contribution in [0.25, 0.3) is 6.08 Å². The number of carbonyl (C=O) groups is 1. The fourth-order valence-corrected chi connectivity index (χ4v) is 3.70. The SMILES string of the molecule is COc1cc(OC)c(/C=C/NS(=O)(=O)Cc2ccc(OC)c(OC(=O)CO)c2)c(OC)c1. The van der Waals surface area contributed by atoms with Crippen molar-refractivity contribution in [2.45, 2.75) is 5.75 Å². The van der Waals surface area contributed by atoms with Crippen molar-refractivity contribution in [3.05, 3.63) is 47.7 Å². The van der Waals surface area contributed by atoms with Crippen LogP contribution in [0.3, 0.4) is 0 Å². The van der Waals surface area contributed by atoms with E-state index in [-0.39, 0.29) is 11.5 Å². The Balaban J connectivity index is 2.21. The lowest BCUT2D eigenvalue weighted by molar-refractivity contribution is -0.137. The molecule has 0 aliphatic carbocycles. The van der Waals surface area contributed by atoms with Crippen LogP contribution in [-0.4, -0.2) is 54.5 Å². The second kappa shape index (κ2) is 11.3. The highest BCUT2D eigenvalue weighted by atomic mass is 32.2. The zero-order valence-electron chi connectivity index (χ0n) is 18.1. The van der Waals surface area contributed by atoms with Crippen LogP contribution >= 0.6 is 0 Å². The average Bonchev–Trinajstić information content (AvgIpc) is 2.78. The second-order valence-corrected chi connectivity index (χ2v) is 8.03. The molecule has 2 rings (SSSR count). The Hall–Kier alpha value is -3.44. The number of aliphatic hydroxyl groups excluding tert-OH is 1. The van der Waals surface area contributed by atoms with Crippen molar-refractivity contribution >= 4 is 22.1 Å². The zero-order chi connectivity index (χ0) is 23.7. The molecule has 0 heterocycles. The molecule has 0 saturated heterocycles. The first kappa shape index (κ1) is 24.8. The Morgan fingerprint density at radius 3 is 2.09 bits per heavy atom. The molecule has 174 valence electrons. The first-order chi connectivity index (χ1) is 15.3. The highest BCUT2D eigenvalue weighted by Crippen LogP contribution is 2.35. The fraction of sp³-hybridized carbons (Fsp3) is 0.286. The third kappa shape index (κ3) is 6.53. The van der Waals surface area contributed by atoms with Gasteiger partial charge in [-0.2, -0.15) is 0 Å². The number of carbonyl (C=O) groups excluding carboxylic acids is 1. The first-order valence-electron chi connectivity index (χ1n) is 9.21. The van der Waals surface area contributed by atoms with Crippen molar-refractivity contribution in [3.63, 3.8) is 0 Å². The minimum atomic E-state index is -3.80. The van der Waals surface area contributed by atoms with Gasteiger partial charge in [-0.05, 0) is 23.8 Å². The van der Waals surface area contributed by atoms with Gasteiger partial charge in [-0.1, -0.05) is 6.07 Å². The molecule has 2 N–H and O–H groups in total. The smallest absolute Gasteiger partial charge is 0.337 e. The van der Waals surface area contributed by atoms with Crippen molar-refractivity contribution in [2.75, 3.05) is 35.0 Å². The number of hydrogen-bond donors (Lipinski definition) is 2. The van der Waals surface area contributed by atoms with Gasteiger partial charge in [-0.25, -0.2) is 13.2 Å². The van der Waals surface area contributed by atoms with Crippen LogP contribution in [0.2, 0.25) is 0 Å². The van der Waals surface area contributed by atoms with E-state index >= 15 is 0 Å². The Kier molecular flexibility index (Phi) is 8.73. The summed E-state index contributed by atoms with van der Waals surface area (Å²) in [6.45, 7) is -0.823. The fourth-order valence-electron chi connectivity index (χ4n) is 2.72. The van der Waals surface area contributed by atoms with Crippen LogP contribution in [-0.2, 0) is 20.6 Å². The normalized spacial score (nSPS) is 11.2. The summed E-state index contributed by atoms with van der Waals surface area (Å²) in [6, 6.07) is 7.62. The van der Waals surface area contributed by atoms with Crippen LogP contribution in [0.5, 0.6) is 28.7 Å². The van der Waals surface area contributed by atoms with E-state index in [1.807, 2.05) is 0 Å². The number of methoxy groups -OCH3 is 4. The van der Waals surface area contributed by atoms with Gasteiger partial charge >= 0.3 is 5.97 Å². The first-order valence-corrected chi connectivity index (χ1v) is 10.9. The molecule has 0 fully saturated rings. The van der Waals surface area contributed by atoms with Gasteiger partial charge in [0.15, 0.2) is 11.5 Å². The summed E-state index contributed by atoms with van der Waals surface area (Å²) in [5.41, 5.74) is 0.855. The van der Waals surface area contributed by atoms with E-state index in [0.29, 0.717) is 28.4 Å². The zero-order valence-corrected chi connectivity index (χ0v) is 18.9. The molecule has 0 atom stereocenters. The number of ether oxygens (including phenoxy) is 5. The number of sulfonamides is 1. The van der Waals surface area contributed by atoms with Crippen LogP contribution in [0, 0.1) is 0 Å². The second-order valence-electron chi connectivity index (χ2n) is 6.27. The topological polar surface area (TPSA) is 130 Å². The lowest BCUT2D eigenvalue weighted by atomic mass is 10.1. The Morgan fingerprint density at radius 2 is 1.56 bits per heavy atom. The molecule has 0 aliphatic rings. The van der Waals surface area contributed by atoms with E-state index < -0.39 is 28.4 Å². The molecule has 11 heteroatoms. The lowest BCUT2D eigenvalue weighted by Crippen LogP contribution is -2.20. The average molecular weight is 467 g/mol. The van der Waals surface area contributed by atoms with E-state index in [9.17, 15) is 13.2 Å². The number of aliphatic hydroxyl groups is 1. The molecule has 0 bridgehead atoms. The Labute approximate surface area is 186 Å². The highest BCUT2D eigenvalue weighted by molar-refractivity contribution is 7.88. The van der Waals surface area contributed by atoms with Gasteiger partial charge in [-0.15, -0.1) is 0 Å². The monoisotopic (exact) mass is 467 g/mol. The van der Waals surface area contributed by atoms with Crippen molar-refractivity contribution in [1.29, 1.82) is 0 Å². The molecule has 0 amide bonds. The highest BCUT2D eigenvalue weighted by Gasteiger charge is 2.15. The van der Waals surface area contributed by atoms with Crippen LogP contribution in [0.4, 0.5) is 0 Å². The Bertz CT molecular complexity index is 1060. The summed E-state index contributed by atoms with van der Waals surface area (Å²) >= 11 is 0. The summed E-state index contributed by atoms with van der Waals surface area (Å²) in [5, 5.41) is 8.86. The number of hydrogen-bond acceptors (Lipinski definition) is 9. The van der Waals surface area contributed by atoms with Crippen LogP contribution < -0.4 is 28.4 Å². The van der Waals surface area contributed by atoms with Crippen molar-refractivity contribution < 1.29 is 42.0 Å². The number of esters is 1. The number of nitrogens with one attached hydrogen (secondary N) is 1. The van der Waals surface area contributed by atoms with Crippen LogP contribution in [0.1, 0.15) is 11.1 Å². The molecule has 0 aliphatic heterocycles. The van der Waals surface area contributed by atoms with E-state index in [4.69, 9.17) is 28.8 Å². The maximum absolute atomic E-state index is 12.5. The predicted molar refractivity (Wildman–Crippen MR) is 117 cm³/mol. The largest absolute Gasteiger partial charge is 0.496 e. The molecule has 0 spiro atoms. The molecule has 0 radical (unpaired) electrons.